The Morgan fingerprint density at radius 2 is 1.76 bits per heavy atom. The molecule has 6 nitrogen and oxygen atoms in total. The molecule has 172 valence electrons. The highest BCUT2D eigenvalue weighted by atomic mass is 35.5. The minimum absolute atomic E-state index is 0.193. The molecule has 3 aromatic rings. The van der Waals surface area contributed by atoms with E-state index in [9.17, 15) is 9.59 Å². The topological polar surface area (TPSA) is 67.9 Å². The van der Waals surface area contributed by atoms with Gasteiger partial charge in [-0.1, -0.05) is 35.9 Å². The van der Waals surface area contributed by atoms with Gasteiger partial charge in [-0.15, -0.1) is 11.8 Å². The molecule has 2 amide bonds. The van der Waals surface area contributed by atoms with Gasteiger partial charge in [0.25, 0.3) is 11.8 Å². The van der Waals surface area contributed by atoms with Crippen molar-refractivity contribution in [2.24, 2.45) is 0 Å². The summed E-state index contributed by atoms with van der Waals surface area (Å²) in [4.78, 5) is 28.2. The Morgan fingerprint density at radius 3 is 2.42 bits per heavy atom. The largest absolute Gasteiger partial charge is 0.495 e. The van der Waals surface area contributed by atoms with Gasteiger partial charge < -0.3 is 19.7 Å². The number of carbonyl (C=O) groups is 2. The molecule has 3 aromatic carbocycles. The molecule has 0 saturated heterocycles. The van der Waals surface area contributed by atoms with E-state index >= 15 is 0 Å². The number of amides is 2. The molecule has 0 aliphatic heterocycles. The second kappa shape index (κ2) is 11.6. The number of thioether (sulfide) groups is 1. The summed E-state index contributed by atoms with van der Waals surface area (Å²) in [5, 5.41) is 3.10. The zero-order valence-corrected chi connectivity index (χ0v) is 20.2. The molecule has 0 radical (unpaired) electrons. The van der Waals surface area contributed by atoms with E-state index in [1.165, 1.54) is 12.0 Å². The third-order valence-electron chi connectivity index (χ3n) is 4.84. The molecule has 0 bridgehead atoms. The molecular formula is C25H25ClN2O4S. The maximum absolute atomic E-state index is 13.0. The lowest BCUT2D eigenvalue weighted by molar-refractivity contribution is -0.118. The minimum atomic E-state index is -0.374. The first-order chi connectivity index (χ1) is 15.9. The van der Waals surface area contributed by atoms with Crippen LogP contribution in [0.3, 0.4) is 0 Å². The van der Waals surface area contributed by atoms with Crippen LogP contribution in [0.25, 0.3) is 0 Å². The van der Waals surface area contributed by atoms with Gasteiger partial charge in [0.05, 0.1) is 17.7 Å². The van der Waals surface area contributed by atoms with Crippen molar-refractivity contribution in [3.63, 3.8) is 0 Å². The highest BCUT2D eigenvalue weighted by molar-refractivity contribution is 7.98. The fourth-order valence-corrected chi connectivity index (χ4v) is 3.80. The molecule has 0 atom stereocenters. The van der Waals surface area contributed by atoms with Gasteiger partial charge in [-0.2, -0.15) is 0 Å². The fraction of sp³-hybridized carbons (Fsp3) is 0.200. The van der Waals surface area contributed by atoms with Crippen molar-refractivity contribution in [3.8, 4) is 11.5 Å². The number of nitrogens with zero attached hydrogens (tertiary/aromatic N) is 1. The second-order valence-corrected chi connectivity index (χ2v) is 8.48. The number of hydrogen-bond acceptors (Lipinski definition) is 5. The summed E-state index contributed by atoms with van der Waals surface area (Å²) < 4.78 is 10.8. The standard InChI is InChI=1S/C25H25ClN2O4S/c1-28(15-17-8-11-19(33-3)12-9-17)25(30)20-6-4-5-7-22(20)32-16-24(29)27-18-10-13-23(31-2)21(26)14-18/h4-14H,15-16H2,1-3H3,(H,27,29). The number of halogens is 1. The third kappa shape index (κ3) is 6.66. The number of ether oxygens (including phenoxy) is 2. The van der Waals surface area contributed by atoms with Crippen LogP contribution in [0.2, 0.25) is 5.02 Å². The van der Waals surface area contributed by atoms with Crippen molar-refractivity contribution < 1.29 is 19.1 Å². The van der Waals surface area contributed by atoms with Crippen LogP contribution in [0.1, 0.15) is 15.9 Å². The van der Waals surface area contributed by atoms with Gasteiger partial charge in [0, 0.05) is 24.2 Å². The second-order valence-electron chi connectivity index (χ2n) is 7.19. The zero-order chi connectivity index (χ0) is 23.8. The van der Waals surface area contributed by atoms with Crippen LogP contribution in [-0.2, 0) is 11.3 Å². The predicted octanol–water partition coefficient (Wildman–Crippen LogP) is 5.36. The number of hydrogen-bond donors (Lipinski definition) is 1. The van der Waals surface area contributed by atoms with Crippen molar-refractivity contribution in [1.82, 2.24) is 4.90 Å². The Kier molecular flexibility index (Phi) is 8.63. The maximum atomic E-state index is 13.0. The third-order valence-corrected chi connectivity index (χ3v) is 5.88. The maximum Gasteiger partial charge on any atom is 0.262 e. The van der Waals surface area contributed by atoms with E-state index in [2.05, 4.69) is 5.32 Å². The van der Waals surface area contributed by atoms with Gasteiger partial charge in [0.1, 0.15) is 11.5 Å². The lowest BCUT2D eigenvalue weighted by Crippen LogP contribution is -2.27. The summed E-state index contributed by atoms with van der Waals surface area (Å²) in [5.41, 5.74) is 1.94. The van der Waals surface area contributed by atoms with Crippen molar-refractivity contribution in [3.05, 3.63) is 82.9 Å². The number of para-hydroxylation sites is 1. The highest BCUT2D eigenvalue weighted by Gasteiger charge is 2.18. The number of methoxy groups -OCH3 is 1. The Labute approximate surface area is 202 Å². The van der Waals surface area contributed by atoms with E-state index in [-0.39, 0.29) is 18.4 Å². The van der Waals surface area contributed by atoms with Crippen molar-refractivity contribution in [2.45, 2.75) is 11.4 Å². The summed E-state index contributed by atoms with van der Waals surface area (Å²) in [6, 6.07) is 19.9. The Hall–Kier alpha value is -3.16. The molecular weight excluding hydrogens is 460 g/mol. The molecule has 3 rings (SSSR count). The van der Waals surface area contributed by atoms with Crippen LogP contribution in [0, 0.1) is 0 Å². The lowest BCUT2D eigenvalue weighted by Gasteiger charge is -2.19. The molecule has 8 heteroatoms. The monoisotopic (exact) mass is 484 g/mol. The normalized spacial score (nSPS) is 10.4. The van der Waals surface area contributed by atoms with Crippen molar-refractivity contribution in [2.75, 3.05) is 32.3 Å². The van der Waals surface area contributed by atoms with Gasteiger partial charge in [-0.3, -0.25) is 9.59 Å². The summed E-state index contributed by atoms with van der Waals surface area (Å²) in [6.45, 7) is 0.203. The molecule has 1 N–H and O–H groups in total. The van der Waals surface area contributed by atoms with Crippen LogP contribution in [0.5, 0.6) is 11.5 Å². The lowest BCUT2D eigenvalue weighted by atomic mass is 10.1. The van der Waals surface area contributed by atoms with Crippen LogP contribution in [-0.4, -0.2) is 43.7 Å². The summed E-state index contributed by atoms with van der Waals surface area (Å²) >= 11 is 7.76. The van der Waals surface area contributed by atoms with Crippen molar-refractivity contribution >= 4 is 40.9 Å². The first kappa shape index (κ1) is 24.5. The number of carbonyl (C=O) groups excluding carboxylic acids is 2. The van der Waals surface area contributed by atoms with E-state index in [0.29, 0.717) is 34.3 Å². The van der Waals surface area contributed by atoms with Crippen LogP contribution in [0.4, 0.5) is 5.69 Å². The summed E-state index contributed by atoms with van der Waals surface area (Å²) in [7, 11) is 3.26. The molecule has 0 saturated carbocycles. The average molecular weight is 485 g/mol. The van der Waals surface area contributed by atoms with E-state index in [1.54, 1.807) is 66.2 Å². The number of benzene rings is 3. The first-order valence-electron chi connectivity index (χ1n) is 10.1. The van der Waals surface area contributed by atoms with E-state index < -0.39 is 0 Å². The molecule has 0 unspecified atom stereocenters. The van der Waals surface area contributed by atoms with Gasteiger partial charge in [-0.25, -0.2) is 0 Å². The molecule has 33 heavy (non-hydrogen) atoms. The molecule has 0 spiro atoms. The van der Waals surface area contributed by atoms with Crippen LogP contribution >= 0.6 is 23.4 Å². The number of rotatable bonds is 9. The number of anilines is 1. The van der Waals surface area contributed by atoms with Gasteiger partial charge in [0.2, 0.25) is 0 Å². The van der Waals surface area contributed by atoms with Crippen LogP contribution in [0.15, 0.2) is 71.6 Å². The predicted molar refractivity (Wildman–Crippen MR) is 133 cm³/mol. The molecule has 0 aliphatic carbocycles. The van der Waals surface area contributed by atoms with Crippen molar-refractivity contribution in [1.29, 1.82) is 0 Å². The van der Waals surface area contributed by atoms with E-state index in [0.717, 1.165) is 5.56 Å². The van der Waals surface area contributed by atoms with E-state index in [1.807, 2.05) is 30.5 Å². The molecule has 0 aromatic heterocycles. The van der Waals surface area contributed by atoms with Gasteiger partial charge in [0.15, 0.2) is 6.61 Å². The SMILES string of the molecule is COc1ccc(NC(=O)COc2ccccc2C(=O)N(C)Cc2ccc(SC)cc2)cc1Cl. The minimum Gasteiger partial charge on any atom is -0.495 e. The Bertz CT molecular complexity index is 1120. The van der Waals surface area contributed by atoms with Gasteiger partial charge >= 0.3 is 0 Å². The quantitative estimate of drug-likeness (QED) is 0.414. The summed E-state index contributed by atoms with van der Waals surface area (Å²) in [5.74, 6) is 0.292. The summed E-state index contributed by atoms with van der Waals surface area (Å²) in [6.07, 6.45) is 2.02. The smallest absolute Gasteiger partial charge is 0.262 e. The van der Waals surface area contributed by atoms with Gasteiger partial charge in [-0.05, 0) is 54.3 Å². The molecule has 0 fully saturated rings. The Morgan fingerprint density at radius 1 is 1.03 bits per heavy atom. The zero-order valence-electron chi connectivity index (χ0n) is 18.6. The first-order valence-corrected chi connectivity index (χ1v) is 11.7. The fourth-order valence-electron chi connectivity index (χ4n) is 3.14. The molecule has 0 heterocycles. The Balaban J connectivity index is 1.62. The van der Waals surface area contributed by atoms with Crippen LogP contribution < -0.4 is 14.8 Å². The number of nitrogens with one attached hydrogen (secondary N) is 1. The molecule has 0 aliphatic rings. The average Bonchev–Trinajstić information content (AvgIpc) is 2.83. The highest BCUT2D eigenvalue weighted by Crippen LogP contribution is 2.27. The van der Waals surface area contributed by atoms with E-state index in [4.69, 9.17) is 21.1 Å².